The van der Waals surface area contributed by atoms with Crippen LogP contribution in [-0.4, -0.2) is 64.9 Å². The number of rotatable bonds is 10. The quantitative estimate of drug-likeness (QED) is 0.405. The molecule has 0 saturated heterocycles. The maximum Gasteiger partial charge on any atom is 0.408 e. The molecule has 0 spiro atoms. The topological polar surface area (TPSA) is 128 Å². The lowest BCUT2D eigenvalue weighted by atomic mass is 10.00. The molecule has 1 aromatic rings. The SMILES string of the molecule is CCCCCNC(=O)C(c1cccc(C)c1O)N(C)C(=O)C(CO)NC(=O)OC(C)(C)C. The molecule has 180 valence electrons. The first-order chi connectivity index (χ1) is 14.9. The Morgan fingerprint density at radius 1 is 1.19 bits per heavy atom. The summed E-state index contributed by atoms with van der Waals surface area (Å²) < 4.78 is 5.15. The first-order valence-corrected chi connectivity index (χ1v) is 10.9. The number of hydrogen-bond acceptors (Lipinski definition) is 6. The number of nitrogens with zero attached hydrogens (tertiary/aromatic N) is 1. The van der Waals surface area contributed by atoms with Crippen LogP contribution in [0.1, 0.15) is 64.1 Å². The molecule has 0 aromatic heterocycles. The average molecular weight is 452 g/mol. The third-order valence-corrected chi connectivity index (χ3v) is 4.80. The minimum absolute atomic E-state index is 0.0958. The number of likely N-dealkylation sites (N-methyl/N-ethyl adjacent to an activating group) is 1. The van der Waals surface area contributed by atoms with E-state index in [2.05, 4.69) is 17.6 Å². The number of aliphatic hydroxyl groups excluding tert-OH is 1. The second-order valence-electron chi connectivity index (χ2n) is 8.74. The van der Waals surface area contributed by atoms with Gasteiger partial charge in [0.15, 0.2) is 0 Å². The van der Waals surface area contributed by atoms with Crippen LogP contribution in [-0.2, 0) is 14.3 Å². The van der Waals surface area contributed by atoms with Gasteiger partial charge in [0.05, 0.1) is 6.61 Å². The summed E-state index contributed by atoms with van der Waals surface area (Å²) in [7, 11) is 1.39. The number of para-hydroxylation sites is 1. The van der Waals surface area contributed by atoms with Gasteiger partial charge in [-0.2, -0.15) is 0 Å². The zero-order chi connectivity index (χ0) is 24.5. The van der Waals surface area contributed by atoms with E-state index in [1.165, 1.54) is 7.05 Å². The molecule has 0 aliphatic rings. The standard InChI is InChI=1S/C23H37N3O6/c1-7-8-9-13-24-20(29)18(16-12-10-11-15(2)19(16)28)26(6)21(30)17(14-27)25-22(31)32-23(3,4)5/h10-12,17-18,27-28H,7-9,13-14H2,1-6H3,(H,24,29)(H,25,31). The van der Waals surface area contributed by atoms with Crippen LogP contribution >= 0.6 is 0 Å². The zero-order valence-electron chi connectivity index (χ0n) is 19.9. The molecule has 2 unspecified atom stereocenters. The van der Waals surface area contributed by atoms with Gasteiger partial charge in [0.1, 0.15) is 23.4 Å². The van der Waals surface area contributed by atoms with Crippen LogP contribution in [0.2, 0.25) is 0 Å². The van der Waals surface area contributed by atoms with Gasteiger partial charge in [-0.3, -0.25) is 9.59 Å². The summed E-state index contributed by atoms with van der Waals surface area (Å²) in [6.45, 7) is 8.51. The van der Waals surface area contributed by atoms with Crippen molar-refractivity contribution in [1.82, 2.24) is 15.5 Å². The summed E-state index contributed by atoms with van der Waals surface area (Å²) in [6.07, 6.45) is 1.86. The van der Waals surface area contributed by atoms with Crippen LogP contribution in [0, 0.1) is 6.92 Å². The molecule has 0 aliphatic heterocycles. The van der Waals surface area contributed by atoms with Gasteiger partial charge >= 0.3 is 6.09 Å². The van der Waals surface area contributed by atoms with Gasteiger partial charge in [-0.1, -0.05) is 38.0 Å². The Balaban J connectivity index is 3.15. The first kappa shape index (κ1) is 27.2. The van der Waals surface area contributed by atoms with E-state index in [0.29, 0.717) is 12.1 Å². The Morgan fingerprint density at radius 3 is 2.41 bits per heavy atom. The number of carbonyl (C=O) groups excluding carboxylic acids is 3. The Hall–Kier alpha value is -2.81. The normalized spacial score (nSPS) is 13.1. The Kier molecular flexibility index (Phi) is 10.5. The molecule has 0 saturated carbocycles. The lowest BCUT2D eigenvalue weighted by Crippen LogP contribution is -2.53. The van der Waals surface area contributed by atoms with Crippen LogP contribution in [0.25, 0.3) is 0 Å². The summed E-state index contributed by atoms with van der Waals surface area (Å²) >= 11 is 0. The van der Waals surface area contributed by atoms with Crippen molar-refractivity contribution in [3.05, 3.63) is 29.3 Å². The number of amides is 3. The van der Waals surface area contributed by atoms with Crippen molar-refractivity contribution in [3.8, 4) is 5.75 Å². The molecule has 9 nitrogen and oxygen atoms in total. The van der Waals surface area contributed by atoms with Crippen molar-refractivity contribution >= 4 is 17.9 Å². The molecule has 1 rings (SSSR count). The van der Waals surface area contributed by atoms with Crippen molar-refractivity contribution in [2.75, 3.05) is 20.2 Å². The van der Waals surface area contributed by atoms with Crippen LogP contribution in [0.5, 0.6) is 5.75 Å². The molecule has 32 heavy (non-hydrogen) atoms. The van der Waals surface area contributed by atoms with Crippen molar-refractivity contribution in [1.29, 1.82) is 0 Å². The largest absolute Gasteiger partial charge is 0.507 e. The lowest BCUT2D eigenvalue weighted by Gasteiger charge is -2.31. The number of nitrogens with one attached hydrogen (secondary N) is 2. The van der Waals surface area contributed by atoms with E-state index < -0.39 is 42.2 Å². The number of hydrogen-bond donors (Lipinski definition) is 4. The van der Waals surface area contributed by atoms with Gasteiger partial charge < -0.3 is 30.5 Å². The predicted molar refractivity (Wildman–Crippen MR) is 121 cm³/mol. The van der Waals surface area contributed by atoms with Crippen LogP contribution in [0.15, 0.2) is 18.2 Å². The summed E-state index contributed by atoms with van der Waals surface area (Å²) in [5, 5.41) is 25.4. The molecular formula is C23H37N3O6. The third kappa shape index (κ3) is 8.03. The second-order valence-corrected chi connectivity index (χ2v) is 8.74. The number of unbranched alkanes of at least 4 members (excludes halogenated alkanes) is 2. The van der Waals surface area contributed by atoms with Gasteiger partial charge in [-0.15, -0.1) is 0 Å². The molecule has 4 N–H and O–H groups in total. The number of alkyl carbamates (subject to hydrolysis) is 1. The Bertz CT molecular complexity index is 790. The number of aliphatic hydroxyl groups is 1. The Morgan fingerprint density at radius 2 is 1.84 bits per heavy atom. The lowest BCUT2D eigenvalue weighted by molar-refractivity contribution is -0.141. The fraction of sp³-hybridized carbons (Fsp3) is 0.609. The van der Waals surface area contributed by atoms with E-state index in [-0.39, 0.29) is 11.3 Å². The van der Waals surface area contributed by atoms with Crippen molar-refractivity contribution in [2.45, 2.75) is 71.6 Å². The first-order valence-electron chi connectivity index (χ1n) is 10.9. The molecule has 0 radical (unpaired) electrons. The van der Waals surface area contributed by atoms with Crippen molar-refractivity contribution in [3.63, 3.8) is 0 Å². The van der Waals surface area contributed by atoms with Gasteiger partial charge in [0, 0.05) is 19.2 Å². The van der Waals surface area contributed by atoms with E-state index >= 15 is 0 Å². The number of aryl methyl sites for hydroxylation is 1. The highest BCUT2D eigenvalue weighted by Gasteiger charge is 2.35. The van der Waals surface area contributed by atoms with Crippen molar-refractivity contribution in [2.24, 2.45) is 0 Å². The zero-order valence-corrected chi connectivity index (χ0v) is 19.9. The average Bonchev–Trinajstić information content (AvgIpc) is 2.70. The second kappa shape index (κ2) is 12.3. The van der Waals surface area contributed by atoms with Crippen LogP contribution < -0.4 is 10.6 Å². The fourth-order valence-corrected chi connectivity index (χ4v) is 3.12. The van der Waals surface area contributed by atoms with Gasteiger partial charge in [0.2, 0.25) is 11.8 Å². The molecule has 3 amide bonds. The minimum atomic E-state index is -1.32. The van der Waals surface area contributed by atoms with Crippen LogP contribution in [0.3, 0.4) is 0 Å². The maximum absolute atomic E-state index is 13.1. The molecule has 0 bridgehead atoms. The van der Waals surface area contributed by atoms with Gasteiger partial charge in [0.25, 0.3) is 0 Å². The predicted octanol–water partition coefficient (Wildman–Crippen LogP) is 2.39. The van der Waals surface area contributed by atoms with E-state index in [1.807, 2.05) is 0 Å². The summed E-state index contributed by atoms with van der Waals surface area (Å²) in [5.74, 6) is -1.26. The Labute approximate surface area is 190 Å². The highest BCUT2D eigenvalue weighted by Crippen LogP contribution is 2.31. The summed E-state index contributed by atoms with van der Waals surface area (Å²) in [5.41, 5.74) is 0.0216. The highest BCUT2D eigenvalue weighted by molar-refractivity contribution is 5.92. The molecule has 0 fully saturated rings. The monoisotopic (exact) mass is 451 g/mol. The summed E-state index contributed by atoms with van der Waals surface area (Å²) in [4.78, 5) is 39.4. The number of phenolic OH excluding ortho intramolecular Hbond substituents is 1. The third-order valence-electron chi connectivity index (χ3n) is 4.80. The molecule has 9 heteroatoms. The number of carbonyl (C=O) groups is 3. The van der Waals surface area contributed by atoms with Crippen LogP contribution in [0.4, 0.5) is 4.79 Å². The van der Waals surface area contributed by atoms with E-state index in [4.69, 9.17) is 4.74 Å². The number of phenols is 1. The van der Waals surface area contributed by atoms with E-state index in [1.54, 1.807) is 45.9 Å². The van der Waals surface area contributed by atoms with Gasteiger partial charge in [-0.25, -0.2) is 4.79 Å². The van der Waals surface area contributed by atoms with Crippen molar-refractivity contribution < 1.29 is 29.3 Å². The number of ether oxygens (including phenoxy) is 1. The fourth-order valence-electron chi connectivity index (χ4n) is 3.12. The molecule has 0 aliphatic carbocycles. The van der Waals surface area contributed by atoms with E-state index in [0.717, 1.165) is 24.2 Å². The highest BCUT2D eigenvalue weighted by atomic mass is 16.6. The van der Waals surface area contributed by atoms with E-state index in [9.17, 15) is 24.6 Å². The smallest absolute Gasteiger partial charge is 0.408 e. The number of aromatic hydroxyl groups is 1. The maximum atomic E-state index is 13.1. The minimum Gasteiger partial charge on any atom is -0.507 e. The van der Waals surface area contributed by atoms with Gasteiger partial charge in [-0.05, 0) is 39.7 Å². The number of benzene rings is 1. The molecular weight excluding hydrogens is 414 g/mol. The molecule has 2 atom stereocenters. The molecule has 0 heterocycles. The summed E-state index contributed by atoms with van der Waals surface area (Å²) in [6, 6.07) is 2.47. The molecule has 1 aromatic carbocycles.